The summed E-state index contributed by atoms with van der Waals surface area (Å²) in [5.41, 5.74) is 4.55. The summed E-state index contributed by atoms with van der Waals surface area (Å²) in [7, 11) is 0. The van der Waals surface area contributed by atoms with E-state index in [4.69, 9.17) is 13.9 Å². The van der Waals surface area contributed by atoms with Gasteiger partial charge in [-0.3, -0.25) is 20.4 Å². The summed E-state index contributed by atoms with van der Waals surface area (Å²) in [5.74, 6) is 0.745. The van der Waals surface area contributed by atoms with Crippen molar-refractivity contribution in [3.8, 4) is 11.5 Å². The number of hydrazine groups is 1. The first kappa shape index (κ1) is 14.0. The van der Waals surface area contributed by atoms with Crippen molar-refractivity contribution in [1.82, 2.24) is 10.9 Å². The number of amides is 2. The summed E-state index contributed by atoms with van der Waals surface area (Å²) >= 11 is 0. The number of benzene rings is 1. The molecule has 7 nitrogen and oxygen atoms in total. The van der Waals surface area contributed by atoms with Crippen LogP contribution in [0.3, 0.4) is 0 Å². The average molecular weight is 302 g/mol. The Morgan fingerprint density at radius 2 is 1.86 bits per heavy atom. The lowest BCUT2D eigenvalue weighted by atomic mass is 10.2. The Bertz CT molecular complexity index is 709. The number of hydrogen-bond acceptors (Lipinski definition) is 5. The molecule has 0 saturated heterocycles. The lowest BCUT2D eigenvalue weighted by Gasteiger charge is -2.25. The van der Waals surface area contributed by atoms with Crippen LogP contribution in [-0.2, 0) is 4.79 Å². The Labute approximate surface area is 126 Å². The van der Waals surface area contributed by atoms with E-state index in [1.54, 1.807) is 31.2 Å². The van der Waals surface area contributed by atoms with Crippen molar-refractivity contribution in [2.45, 2.75) is 13.0 Å². The van der Waals surface area contributed by atoms with E-state index in [1.807, 2.05) is 6.07 Å². The zero-order valence-electron chi connectivity index (χ0n) is 11.8. The molecule has 1 atom stereocenters. The number of furan rings is 1. The zero-order valence-corrected chi connectivity index (χ0v) is 11.8. The van der Waals surface area contributed by atoms with Crippen molar-refractivity contribution in [1.29, 1.82) is 0 Å². The topological polar surface area (TPSA) is 89.8 Å². The predicted octanol–water partition coefficient (Wildman–Crippen LogP) is 1.19. The maximum absolute atomic E-state index is 12.0. The quantitative estimate of drug-likeness (QED) is 0.813. The summed E-state index contributed by atoms with van der Waals surface area (Å²) in [4.78, 5) is 23.7. The summed E-state index contributed by atoms with van der Waals surface area (Å²) in [5, 5.41) is 0. The standard InChI is InChI=1S/C15H14N2O5/c1-9-6-7-12(21-9)14(18)16-17-15(19)13-8-20-10-4-2-3-5-11(10)22-13/h2-7,13H,8H2,1H3,(H,16,18)(H,17,19)/t13-/m1/s1. The van der Waals surface area contributed by atoms with Crippen LogP contribution in [0.4, 0.5) is 0 Å². The van der Waals surface area contributed by atoms with Gasteiger partial charge in [0.15, 0.2) is 17.3 Å². The van der Waals surface area contributed by atoms with Crippen LogP contribution in [0.2, 0.25) is 0 Å². The number of carbonyl (C=O) groups is 2. The minimum absolute atomic E-state index is 0.0680. The third-order valence-electron chi connectivity index (χ3n) is 3.06. The minimum atomic E-state index is -0.839. The van der Waals surface area contributed by atoms with E-state index < -0.39 is 17.9 Å². The second kappa shape index (κ2) is 5.80. The van der Waals surface area contributed by atoms with Crippen molar-refractivity contribution in [3.63, 3.8) is 0 Å². The number of hydrogen-bond donors (Lipinski definition) is 2. The molecule has 1 aliphatic heterocycles. The lowest BCUT2D eigenvalue weighted by molar-refractivity contribution is -0.131. The Kier molecular flexibility index (Phi) is 3.69. The summed E-state index contributed by atoms with van der Waals surface area (Å²) in [6.07, 6.45) is -0.839. The van der Waals surface area contributed by atoms with Gasteiger partial charge in [0.25, 0.3) is 5.91 Å². The van der Waals surface area contributed by atoms with Crippen molar-refractivity contribution in [2.24, 2.45) is 0 Å². The first-order chi connectivity index (χ1) is 10.6. The van der Waals surface area contributed by atoms with E-state index in [-0.39, 0.29) is 12.4 Å². The van der Waals surface area contributed by atoms with Crippen LogP contribution < -0.4 is 20.3 Å². The van der Waals surface area contributed by atoms with Gasteiger partial charge in [0, 0.05) is 0 Å². The first-order valence-electron chi connectivity index (χ1n) is 6.68. The Morgan fingerprint density at radius 3 is 2.59 bits per heavy atom. The Morgan fingerprint density at radius 1 is 1.09 bits per heavy atom. The van der Waals surface area contributed by atoms with Crippen LogP contribution in [0.15, 0.2) is 40.8 Å². The van der Waals surface area contributed by atoms with Gasteiger partial charge in [-0.05, 0) is 31.2 Å². The number of para-hydroxylation sites is 2. The van der Waals surface area contributed by atoms with E-state index in [2.05, 4.69) is 10.9 Å². The number of aryl methyl sites for hydroxylation is 1. The molecule has 114 valence electrons. The highest BCUT2D eigenvalue weighted by Crippen LogP contribution is 2.30. The van der Waals surface area contributed by atoms with Crippen LogP contribution in [-0.4, -0.2) is 24.5 Å². The van der Waals surface area contributed by atoms with Crippen LogP contribution in [0.1, 0.15) is 16.3 Å². The van der Waals surface area contributed by atoms with Crippen LogP contribution in [0.5, 0.6) is 11.5 Å². The molecule has 2 aromatic rings. The van der Waals surface area contributed by atoms with Crippen molar-refractivity contribution in [3.05, 3.63) is 47.9 Å². The number of ether oxygens (including phenoxy) is 2. The molecule has 1 aromatic heterocycles. The molecule has 0 radical (unpaired) electrons. The highest BCUT2D eigenvalue weighted by molar-refractivity contribution is 5.93. The normalized spacial score (nSPS) is 16.0. The fraction of sp³-hybridized carbons (Fsp3) is 0.200. The molecule has 0 unspecified atom stereocenters. The molecule has 3 rings (SSSR count). The second-order valence-electron chi connectivity index (χ2n) is 4.72. The largest absolute Gasteiger partial charge is 0.485 e. The fourth-order valence-corrected chi connectivity index (χ4v) is 1.97. The molecule has 0 bridgehead atoms. The summed E-state index contributed by atoms with van der Waals surface area (Å²) in [6.45, 7) is 1.79. The molecule has 1 aromatic carbocycles. The Balaban J connectivity index is 1.56. The van der Waals surface area contributed by atoms with Crippen LogP contribution in [0.25, 0.3) is 0 Å². The summed E-state index contributed by atoms with van der Waals surface area (Å²) in [6, 6.07) is 10.2. The molecule has 0 spiro atoms. The van der Waals surface area contributed by atoms with Crippen molar-refractivity contribution >= 4 is 11.8 Å². The number of carbonyl (C=O) groups excluding carboxylic acids is 2. The third-order valence-corrected chi connectivity index (χ3v) is 3.06. The molecule has 1 aliphatic rings. The summed E-state index contributed by atoms with van der Waals surface area (Å²) < 4.78 is 16.1. The number of rotatable bonds is 2. The molecule has 0 aliphatic carbocycles. The van der Waals surface area contributed by atoms with Crippen LogP contribution >= 0.6 is 0 Å². The highest BCUT2D eigenvalue weighted by Gasteiger charge is 2.27. The molecule has 2 heterocycles. The maximum Gasteiger partial charge on any atom is 0.305 e. The molecular formula is C15H14N2O5. The molecular weight excluding hydrogens is 288 g/mol. The molecule has 0 fully saturated rings. The van der Waals surface area contributed by atoms with Gasteiger partial charge >= 0.3 is 5.91 Å². The first-order valence-corrected chi connectivity index (χ1v) is 6.68. The number of nitrogens with one attached hydrogen (secondary N) is 2. The van der Waals surface area contributed by atoms with E-state index in [9.17, 15) is 9.59 Å². The van der Waals surface area contributed by atoms with E-state index in [1.165, 1.54) is 6.07 Å². The van der Waals surface area contributed by atoms with E-state index in [0.29, 0.717) is 17.3 Å². The van der Waals surface area contributed by atoms with Gasteiger partial charge in [-0.25, -0.2) is 0 Å². The molecule has 22 heavy (non-hydrogen) atoms. The average Bonchev–Trinajstić information content (AvgIpc) is 2.98. The predicted molar refractivity (Wildman–Crippen MR) is 75.4 cm³/mol. The van der Waals surface area contributed by atoms with Gasteiger partial charge in [0.1, 0.15) is 12.4 Å². The van der Waals surface area contributed by atoms with Gasteiger partial charge in [-0.15, -0.1) is 0 Å². The van der Waals surface area contributed by atoms with Gasteiger partial charge in [-0.2, -0.15) is 0 Å². The van der Waals surface area contributed by atoms with Crippen molar-refractivity contribution < 1.29 is 23.5 Å². The number of fused-ring (bicyclic) bond motifs is 1. The Hall–Kier alpha value is -2.96. The monoisotopic (exact) mass is 302 g/mol. The fourth-order valence-electron chi connectivity index (χ4n) is 1.97. The highest BCUT2D eigenvalue weighted by atomic mass is 16.6. The molecule has 2 amide bonds. The van der Waals surface area contributed by atoms with Gasteiger partial charge < -0.3 is 13.9 Å². The molecule has 2 N–H and O–H groups in total. The van der Waals surface area contributed by atoms with Gasteiger partial charge in [0.2, 0.25) is 6.10 Å². The van der Waals surface area contributed by atoms with Gasteiger partial charge in [0.05, 0.1) is 0 Å². The van der Waals surface area contributed by atoms with E-state index >= 15 is 0 Å². The zero-order chi connectivity index (χ0) is 15.5. The lowest BCUT2D eigenvalue weighted by Crippen LogP contribution is -2.50. The SMILES string of the molecule is Cc1ccc(C(=O)NNC(=O)[C@H]2COc3ccccc3O2)o1. The smallest absolute Gasteiger partial charge is 0.305 e. The minimum Gasteiger partial charge on any atom is -0.485 e. The van der Waals surface area contributed by atoms with Crippen LogP contribution in [0, 0.1) is 6.92 Å². The van der Waals surface area contributed by atoms with Gasteiger partial charge in [-0.1, -0.05) is 12.1 Å². The molecule has 7 heteroatoms. The van der Waals surface area contributed by atoms with Crippen molar-refractivity contribution in [2.75, 3.05) is 6.61 Å². The molecule has 0 saturated carbocycles. The third kappa shape index (κ3) is 2.88. The van der Waals surface area contributed by atoms with E-state index in [0.717, 1.165) is 0 Å². The maximum atomic E-state index is 12.0. The second-order valence-corrected chi connectivity index (χ2v) is 4.72.